The molecule has 1 aliphatic rings. The first-order valence-corrected chi connectivity index (χ1v) is 7.76. The molecule has 1 atom stereocenters. The Labute approximate surface area is 111 Å². The van der Waals surface area contributed by atoms with E-state index in [0.717, 1.165) is 0 Å². The van der Waals surface area contributed by atoms with E-state index < -0.39 is 10.0 Å². The number of hydrogen-bond donors (Lipinski definition) is 1. The SMILES string of the molecule is CCC1COCCN1S(=O)(=O)c1[nH]ncc1CCl. The lowest BCUT2D eigenvalue weighted by Crippen LogP contribution is -2.48. The Bertz CT molecular complexity index is 502. The Balaban J connectivity index is 2.35. The van der Waals surface area contributed by atoms with Crippen LogP contribution in [-0.2, 0) is 20.6 Å². The summed E-state index contributed by atoms with van der Waals surface area (Å²) in [5, 5.41) is 6.39. The van der Waals surface area contributed by atoms with Crippen molar-refractivity contribution in [3.05, 3.63) is 11.8 Å². The first kappa shape index (κ1) is 13.8. The lowest BCUT2D eigenvalue weighted by molar-refractivity contribution is 0.0313. The van der Waals surface area contributed by atoms with Crippen LogP contribution in [0.25, 0.3) is 0 Å². The third kappa shape index (κ3) is 2.40. The van der Waals surface area contributed by atoms with Crippen LogP contribution in [0.1, 0.15) is 18.9 Å². The van der Waals surface area contributed by atoms with Crippen LogP contribution in [0.5, 0.6) is 0 Å². The van der Waals surface area contributed by atoms with Crippen LogP contribution in [-0.4, -0.2) is 48.7 Å². The van der Waals surface area contributed by atoms with E-state index in [-0.39, 0.29) is 16.9 Å². The minimum absolute atomic E-state index is 0.0952. The molecule has 18 heavy (non-hydrogen) atoms. The Hall–Kier alpha value is -0.630. The summed E-state index contributed by atoms with van der Waals surface area (Å²) in [7, 11) is -3.57. The van der Waals surface area contributed by atoms with Gasteiger partial charge in [-0.1, -0.05) is 6.92 Å². The van der Waals surface area contributed by atoms with Crippen LogP contribution >= 0.6 is 11.6 Å². The number of H-pyrrole nitrogens is 1. The van der Waals surface area contributed by atoms with Crippen LogP contribution in [0, 0.1) is 0 Å². The van der Waals surface area contributed by atoms with Gasteiger partial charge < -0.3 is 4.74 Å². The maximum atomic E-state index is 12.5. The summed E-state index contributed by atoms with van der Waals surface area (Å²) in [6, 6.07) is -0.129. The third-order valence-corrected chi connectivity index (χ3v) is 5.29. The number of ether oxygens (including phenoxy) is 1. The van der Waals surface area contributed by atoms with E-state index in [0.29, 0.717) is 31.7 Å². The molecule has 0 radical (unpaired) electrons. The number of halogens is 1. The van der Waals surface area contributed by atoms with Crippen LogP contribution < -0.4 is 0 Å². The fourth-order valence-electron chi connectivity index (χ4n) is 2.01. The molecule has 1 aromatic rings. The van der Waals surface area contributed by atoms with Crippen molar-refractivity contribution in [2.75, 3.05) is 19.8 Å². The van der Waals surface area contributed by atoms with Crippen molar-refractivity contribution in [3.8, 4) is 0 Å². The Kier molecular flexibility index (Phi) is 4.26. The molecule has 1 fully saturated rings. The van der Waals surface area contributed by atoms with Crippen LogP contribution in [0.2, 0.25) is 0 Å². The van der Waals surface area contributed by atoms with Crippen molar-refractivity contribution in [1.82, 2.24) is 14.5 Å². The Morgan fingerprint density at radius 3 is 3.11 bits per heavy atom. The number of rotatable bonds is 4. The average Bonchev–Trinajstić information content (AvgIpc) is 2.87. The third-order valence-electron chi connectivity index (χ3n) is 3.03. The van der Waals surface area contributed by atoms with Gasteiger partial charge in [0.2, 0.25) is 0 Å². The van der Waals surface area contributed by atoms with E-state index in [1.165, 1.54) is 10.5 Å². The van der Waals surface area contributed by atoms with Gasteiger partial charge in [0, 0.05) is 18.2 Å². The molecule has 2 heterocycles. The minimum Gasteiger partial charge on any atom is -0.378 e. The topological polar surface area (TPSA) is 75.3 Å². The van der Waals surface area contributed by atoms with Gasteiger partial charge in [-0.3, -0.25) is 5.10 Å². The number of sulfonamides is 1. The molecule has 1 N–H and O–H groups in total. The monoisotopic (exact) mass is 293 g/mol. The molecule has 6 nitrogen and oxygen atoms in total. The highest BCUT2D eigenvalue weighted by Gasteiger charge is 2.35. The normalized spacial score (nSPS) is 22.2. The zero-order chi connectivity index (χ0) is 13.2. The van der Waals surface area contributed by atoms with E-state index >= 15 is 0 Å². The molecule has 1 unspecified atom stereocenters. The molecular formula is C10H16ClN3O3S. The Morgan fingerprint density at radius 2 is 2.44 bits per heavy atom. The minimum atomic E-state index is -3.57. The molecule has 1 saturated heterocycles. The van der Waals surface area contributed by atoms with E-state index in [2.05, 4.69) is 10.2 Å². The van der Waals surface area contributed by atoms with Gasteiger partial charge in [-0.25, -0.2) is 8.42 Å². The van der Waals surface area contributed by atoms with Crippen molar-refractivity contribution >= 4 is 21.6 Å². The fraction of sp³-hybridized carbons (Fsp3) is 0.700. The first-order chi connectivity index (χ1) is 8.61. The number of hydrogen-bond acceptors (Lipinski definition) is 4. The molecule has 8 heteroatoms. The van der Waals surface area contributed by atoms with E-state index in [9.17, 15) is 8.42 Å². The number of aromatic amines is 1. The number of aromatic nitrogens is 2. The predicted octanol–water partition coefficient (Wildman–Crippen LogP) is 0.948. The second kappa shape index (κ2) is 5.56. The van der Waals surface area contributed by atoms with Gasteiger partial charge >= 0.3 is 0 Å². The fourth-order valence-corrected chi connectivity index (χ4v) is 4.07. The van der Waals surface area contributed by atoms with Crippen LogP contribution in [0.4, 0.5) is 0 Å². The van der Waals surface area contributed by atoms with E-state index in [4.69, 9.17) is 16.3 Å². The highest BCUT2D eigenvalue weighted by Crippen LogP contribution is 2.23. The van der Waals surface area contributed by atoms with E-state index in [1.807, 2.05) is 6.92 Å². The molecule has 0 aliphatic carbocycles. The molecule has 0 amide bonds. The standard InChI is InChI=1S/C10H16ClN3O3S/c1-2-9-7-17-4-3-14(9)18(15,16)10-8(5-11)6-12-13-10/h6,9H,2-5,7H2,1H3,(H,12,13). The van der Waals surface area contributed by atoms with Crippen molar-refractivity contribution in [1.29, 1.82) is 0 Å². The summed E-state index contributed by atoms with van der Waals surface area (Å²) in [6.07, 6.45) is 2.16. The molecular weight excluding hydrogens is 278 g/mol. The highest BCUT2D eigenvalue weighted by molar-refractivity contribution is 7.89. The zero-order valence-corrected chi connectivity index (χ0v) is 11.7. The average molecular weight is 294 g/mol. The molecule has 0 aromatic carbocycles. The van der Waals surface area contributed by atoms with Crippen molar-refractivity contribution in [2.24, 2.45) is 0 Å². The molecule has 0 bridgehead atoms. The zero-order valence-electron chi connectivity index (χ0n) is 10.1. The highest BCUT2D eigenvalue weighted by atomic mass is 35.5. The van der Waals surface area contributed by atoms with Crippen LogP contribution in [0.15, 0.2) is 11.2 Å². The summed E-state index contributed by atoms with van der Waals surface area (Å²) in [4.78, 5) is 0. The second-order valence-electron chi connectivity index (χ2n) is 4.11. The maximum absolute atomic E-state index is 12.5. The number of nitrogens with one attached hydrogen (secondary N) is 1. The molecule has 2 rings (SSSR count). The molecule has 0 saturated carbocycles. The summed E-state index contributed by atoms with van der Waals surface area (Å²) in [6.45, 7) is 3.15. The quantitative estimate of drug-likeness (QED) is 0.839. The molecule has 102 valence electrons. The molecule has 0 spiro atoms. The van der Waals surface area contributed by atoms with Gasteiger partial charge in [-0.05, 0) is 6.42 Å². The van der Waals surface area contributed by atoms with Gasteiger partial charge in [0.1, 0.15) is 0 Å². The second-order valence-corrected chi connectivity index (χ2v) is 6.21. The van der Waals surface area contributed by atoms with Gasteiger partial charge in [-0.2, -0.15) is 9.40 Å². The molecule has 1 aliphatic heterocycles. The van der Waals surface area contributed by atoms with E-state index in [1.54, 1.807) is 0 Å². The lowest BCUT2D eigenvalue weighted by atomic mass is 10.2. The number of nitrogens with zero attached hydrogens (tertiary/aromatic N) is 2. The van der Waals surface area contributed by atoms with Crippen LogP contribution in [0.3, 0.4) is 0 Å². The number of morpholine rings is 1. The van der Waals surface area contributed by atoms with Crippen molar-refractivity contribution in [3.63, 3.8) is 0 Å². The van der Waals surface area contributed by atoms with Gasteiger partial charge in [0.15, 0.2) is 5.03 Å². The van der Waals surface area contributed by atoms with Gasteiger partial charge in [0.25, 0.3) is 10.0 Å². The summed E-state index contributed by atoms with van der Waals surface area (Å²) in [5.74, 6) is 0.117. The van der Waals surface area contributed by atoms with Gasteiger partial charge in [-0.15, -0.1) is 11.6 Å². The largest absolute Gasteiger partial charge is 0.378 e. The van der Waals surface area contributed by atoms with Crippen molar-refractivity contribution < 1.29 is 13.2 Å². The van der Waals surface area contributed by atoms with Gasteiger partial charge in [0.05, 0.1) is 25.3 Å². The summed E-state index contributed by atoms with van der Waals surface area (Å²) < 4.78 is 31.9. The Morgan fingerprint density at radius 1 is 1.67 bits per heavy atom. The first-order valence-electron chi connectivity index (χ1n) is 5.79. The number of alkyl halides is 1. The lowest BCUT2D eigenvalue weighted by Gasteiger charge is -2.33. The smallest absolute Gasteiger partial charge is 0.260 e. The summed E-state index contributed by atoms with van der Waals surface area (Å²) in [5.41, 5.74) is 0.498. The maximum Gasteiger partial charge on any atom is 0.260 e. The molecule has 1 aromatic heterocycles. The predicted molar refractivity (Wildman–Crippen MR) is 66.9 cm³/mol. The van der Waals surface area contributed by atoms with Crippen molar-refractivity contribution in [2.45, 2.75) is 30.3 Å². The summed E-state index contributed by atoms with van der Waals surface area (Å²) >= 11 is 5.72.